The van der Waals surface area contributed by atoms with Crippen molar-refractivity contribution in [3.63, 3.8) is 0 Å². The summed E-state index contributed by atoms with van der Waals surface area (Å²) >= 11 is 6.54. The summed E-state index contributed by atoms with van der Waals surface area (Å²) in [5.41, 5.74) is 0.461. The van der Waals surface area contributed by atoms with Crippen LogP contribution < -0.4 is 9.64 Å². The van der Waals surface area contributed by atoms with E-state index < -0.39 is 5.91 Å². The summed E-state index contributed by atoms with van der Waals surface area (Å²) in [6.45, 7) is -0.170. The second-order valence-corrected chi connectivity index (χ2v) is 5.34. The highest BCUT2D eigenvalue weighted by atomic mass is 35.5. The lowest BCUT2D eigenvalue weighted by Gasteiger charge is -2.27. The Morgan fingerprint density at radius 1 is 1.43 bits per heavy atom. The van der Waals surface area contributed by atoms with Crippen LogP contribution in [-0.4, -0.2) is 47.4 Å². The molecule has 0 saturated carbocycles. The number of rotatable bonds is 5. The highest BCUT2D eigenvalue weighted by molar-refractivity contribution is 8.14. The van der Waals surface area contributed by atoms with Crippen molar-refractivity contribution >= 4 is 46.1 Å². The molecule has 6 nitrogen and oxygen atoms in total. The molecule has 0 aromatic heterocycles. The molecule has 1 aromatic carbocycles. The maximum Gasteiger partial charge on any atom is 0.290 e. The van der Waals surface area contributed by atoms with Gasteiger partial charge in [-0.3, -0.25) is 24.2 Å². The van der Waals surface area contributed by atoms with Crippen LogP contribution in [-0.2, 0) is 9.59 Å². The van der Waals surface area contributed by atoms with Gasteiger partial charge in [0.25, 0.3) is 5.24 Å². The number of hydrogen-bond acceptors (Lipinski definition) is 5. The second-order valence-electron chi connectivity index (χ2n) is 4.15. The molecule has 1 aliphatic heterocycles. The van der Waals surface area contributed by atoms with E-state index in [-0.39, 0.29) is 29.4 Å². The SMILES string of the molecule is COc1ccccc1N(CN1C(=O)CSC1=O)C(=O)CCl. The van der Waals surface area contributed by atoms with Crippen molar-refractivity contribution in [2.24, 2.45) is 0 Å². The Bertz CT molecular complexity index is 565. The fraction of sp³-hybridized carbons (Fsp3) is 0.308. The number of nitrogens with zero attached hydrogens (tertiary/aromatic N) is 2. The highest BCUT2D eigenvalue weighted by Crippen LogP contribution is 2.29. The number of hydrogen-bond donors (Lipinski definition) is 0. The molecule has 1 saturated heterocycles. The van der Waals surface area contributed by atoms with Crippen molar-refractivity contribution < 1.29 is 19.1 Å². The Morgan fingerprint density at radius 2 is 2.14 bits per heavy atom. The zero-order chi connectivity index (χ0) is 15.4. The third-order valence-electron chi connectivity index (χ3n) is 2.91. The van der Waals surface area contributed by atoms with Crippen molar-refractivity contribution in [2.45, 2.75) is 0 Å². The van der Waals surface area contributed by atoms with E-state index >= 15 is 0 Å². The average molecular weight is 329 g/mol. The Hall–Kier alpha value is -1.73. The highest BCUT2D eigenvalue weighted by Gasteiger charge is 2.33. The Labute approximate surface area is 131 Å². The summed E-state index contributed by atoms with van der Waals surface area (Å²) in [6, 6.07) is 6.84. The Balaban J connectivity index is 2.33. The van der Waals surface area contributed by atoms with E-state index in [2.05, 4.69) is 0 Å². The van der Waals surface area contributed by atoms with Crippen molar-refractivity contribution in [3.8, 4) is 5.75 Å². The molecule has 0 spiro atoms. The first kappa shape index (κ1) is 15.7. The van der Waals surface area contributed by atoms with Gasteiger partial charge in [0.05, 0.1) is 18.6 Å². The van der Waals surface area contributed by atoms with E-state index in [1.54, 1.807) is 24.3 Å². The van der Waals surface area contributed by atoms with E-state index in [1.165, 1.54) is 12.0 Å². The molecule has 1 fully saturated rings. The molecular formula is C13H13ClN2O4S. The van der Waals surface area contributed by atoms with Crippen LogP contribution in [0.2, 0.25) is 0 Å². The van der Waals surface area contributed by atoms with Gasteiger partial charge in [0, 0.05) is 0 Å². The first-order chi connectivity index (χ1) is 10.1. The predicted molar refractivity (Wildman–Crippen MR) is 80.8 cm³/mol. The largest absolute Gasteiger partial charge is 0.495 e. The molecule has 0 atom stereocenters. The number of para-hydroxylation sites is 2. The summed E-state index contributed by atoms with van der Waals surface area (Å²) in [5, 5.41) is -0.373. The second kappa shape index (κ2) is 6.82. The molecule has 0 N–H and O–H groups in total. The van der Waals surface area contributed by atoms with Crippen LogP contribution in [0.25, 0.3) is 0 Å². The number of thioether (sulfide) groups is 1. The van der Waals surface area contributed by atoms with E-state index in [1.807, 2.05) is 0 Å². The average Bonchev–Trinajstić information content (AvgIpc) is 2.83. The number of methoxy groups -OCH3 is 1. The molecule has 3 amide bonds. The lowest BCUT2D eigenvalue weighted by atomic mass is 10.2. The van der Waals surface area contributed by atoms with E-state index in [0.29, 0.717) is 11.4 Å². The van der Waals surface area contributed by atoms with E-state index in [9.17, 15) is 14.4 Å². The molecule has 0 radical (unpaired) electrons. The fourth-order valence-electron chi connectivity index (χ4n) is 1.87. The van der Waals surface area contributed by atoms with Gasteiger partial charge in [-0.15, -0.1) is 11.6 Å². The van der Waals surface area contributed by atoms with Gasteiger partial charge in [-0.2, -0.15) is 0 Å². The smallest absolute Gasteiger partial charge is 0.290 e. The summed E-state index contributed by atoms with van der Waals surface area (Å²) in [7, 11) is 1.48. The monoisotopic (exact) mass is 328 g/mol. The number of amides is 3. The molecule has 0 bridgehead atoms. The number of alkyl halides is 1. The Morgan fingerprint density at radius 3 is 2.71 bits per heavy atom. The molecular weight excluding hydrogens is 316 g/mol. The predicted octanol–water partition coefficient (Wildman–Crippen LogP) is 1.92. The number of imide groups is 1. The molecule has 1 aliphatic rings. The molecule has 8 heteroatoms. The molecule has 112 valence electrons. The van der Waals surface area contributed by atoms with Gasteiger partial charge < -0.3 is 4.74 Å². The van der Waals surface area contributed by atoms with Crippen LogP contribution in [0.15, 0.2) is 24.3 Å². The van der Waals surface area contributed by atoms with Gasteiger partial charge >= 0.3 is 0 Å². The quantitative estimate of drug-likeness (QED) is 0.772. The number of carbonyl (C=O) groups is 3. The van der Waals surface area contributed by atoms with E-state index in [0.717, 1.165) is 16.7 Å². The molecule has 21 heavy (non-hydrogen) atoms. The lowest BCUT2D eigenvalue weighted by molar-refractivity contribution is -0.125. The van der Waals surface area contributed by atoms with Crippen molar-refractivity contribution in [1.82, 2.24) is 4.90 Å². The first-order valence-electron chi connectivity index (χ1n) is 6.05. The first-order valence-corrected chi connectivity index (χ1v) is 7.57. The zero-order valence-electron chi connectivity index (χ0n) is 11.2. The minimum absolute atomic E-state index is 0.0909. The molecule has 0 unspecified atom stereocenters. The van der Waals surface area contributed by atoms with Crippen LogP contribution in [0.5, 0.6) is 5.75 Å². The van der Waals surface area contributed by atoms with Crippen LogP contribution >= 0.6 is 23.4 Å². The van der Waals surface area contributed by atoms with Gasteiger partial charge in [0.1, 0.15) is 18.3 Å². The number of ether oxygens (including phenoxy) is 1. The lowest BCUT2D eigenvalue weighted by Crippen LogP contribution is -2.44. The number of carbonyl (C=O) groups excluding carboxylic acids is 3. The minimum atomic E-state index is -0.418. The number of benzene rings is 1. The maximum atomic E-state index is 12.1. The van der Waals surface area contributed by atoms with Crippen molar-refractivity contribution in [2.75, 3.05) is 30.3 Å². The van der Waals surface area contributed by atoms with Crippen LogP contribution in [0.3, 0.4) is 0 Å². The summed E-state index contributed by atoms with van der Waals surface area (Å²) in [4.78, 5) is 37.7. The number of halogens is 1. The normalized spacial score (nSPS) is 14.5. The molecule has 2 rings (SSSR count). The molecule has 0 aliphatic carbocycles. The van der Waals surface area contributed by atoms with Crippen molar-refractivity contribution in [3.05, 3.63) is 24.3 Å². The van der Waals surface area contributed by atoms with Gasteiger partial charge in [-0.25, -0.2) is 0 Å². The summed E-state index contributed by atoms with van der Waals surface area (Å²) in [5.74, 6) is -0.455. The van der Waals surface area contributed by atoms with Crippen LogP contribution in [0.1, 0.15) is 0 Å². The minimum Gasteiger partial charge on any atom is -0.495 e. The van der Waals surface area contributed by atoms with Crippen LogP contribution in [0, 0.1) is 0 Å². The summed E-state index contributed by atoms with van der Waals surface area (Å²) in [6.07, 6.45) is 0. The molecule has 1 aromatic rings. The fourth-order valence-corrected chi connectivity index (χ4v) is 2.74. The van der Waals surface area contributed by atoms with Crippen molar-refractivity contribution in [1.29, 1.82) is 0 Å². The number of anilines is 1. The van der Waals surface area contributed by atoms with Gasteiger partial charge in [-0.1, -0.05) is 23.9 Å². The maximum absolute atomic E-state index is 12.1. The zero-order valence-corrected chi connectivity index (χ0v) is 12.8. The van der Waals surface area contributed by atoms with Gasteiger partial charge in [-0.05, 0) is 12.1 Å². The third-order valence-corrected chi connectivity index (χ3v) is 4.00. The Kier molecular flexibility index (Phi) is 5.08. The van der Waals surface area contributed by atoms with Crippen LogP contribution in [0.4, 0.5) is 10.5 Å². The van der Waals surface area contributed by atoms with Gasteiger partial charge in [0.15, 0.2) is 0 Å². The third kappa shape index (κ3) is 3.30. The topological polar surface area (TPSA) is 66.9 Å². The van der Waals surface area contributed by atoms with E-state index in [4.69, 9.17) is 16.3 Å². The standard InChI is InChI=1S/C13H13ClN2O4S/c1-20-10-5-3-2-4-9(10)15(11(17)6-14)8-16-12(18)7-21-13(16)19/h2-5H,6-8H2,1H3. The molecule has 1 heterocycles. The summed E-state index contributed by atoms with van der Waals surface area (Å²) < 4.78 is 5.21. The van der Waals surface area contributed by atoms with Gasteiger partial charge in [0.2, 0.25) is 11.8 Å².